The van der Waals surface area contributed by atoms with Crippen molar-refractivity contribution in [3.63, 3.8) is 0 Å². The summed E-state index contributed by atoms with van der Waals surface area (Å²) in [6, 6.07) is 0. The molecular formula is C7H9Cl2N3O. The highest BCUT2D eigenvalue weighted by Gasteiger charge is 2.08. The molecule has 0 aliphatic heterocycles. The summed E-state index contributed by atoms with van der Waals surface area (Å²) in [5.74, 6) is -0.0611. The molecule has 0 aromatic carbocycles. The Morgan fingerprint density at radius 2 is 2.46 bits per heavy atom. The highest BCUT2D eigenvalue weighted by atomic mass is 35.5. The van der Waals surface area contributed by atoms with Gasteiger partial charge in [0.1, 0.15) is 10.9 Å². The maximum absolute atomic E-state index is 10.9. The zero-order valence-corrected chi connectivity index (χ0v) is 8.56. The fourth-order valence-corrected chi connectivity index (χ4v) is 1.07. The Kier molecular flexibility index (Phi) is 3.57. The van der Waals surface area contributed by atoms with E-state index in [-0.39, 0.29) is 11.8 Å². The van der Waals surface area contributed by atoms with Gasteiger partial charge in [-0.15, -0.1) is 11.6 Å². The summed E-state index contributed by atoms with van der Waals surface area (Å²) in [5, 5.41) is 6.91. The van der Waals surface area contributed by atoms with Crippen molar-refractivity contribution in [1.29, 1.82) is 0 Å². The van der Waals surface area contributed by atoms with E-state index in [2.05, 4.69) is 10.4 Å². The average molecular weight is 222 g/mol. The monoisotopic (exact) mass is 221 g/mol. The number of rotatable bonds is 3. The molecule has 13 heavy (non-hydrogen) atoms. The quantitative estimate of drug-likeness (QED) is 0.791. The van der Waals surface area contributed by atoms with Crippen LogP contribution in [0.3, 0.4) is 0 Å². The molecule has 0 saturated carbocycles. The van der Waals surface area contributed by atoms with Gasteiger partial charge < -0.3 is 5.32 Å². The number of carbonyl (C=O) groups excluding carboxylic acids is 1. The molecule has 0 aliphatic rings. The van der Waals surface area contributed by atoms with E-state index in [1.807, 2.05) is 6.92 Å². The van der Waals surface area contributed by atoms with Crippen LogP contribution in [0.4, 0.5) is 5.82 Å². The van der Waals surface area contributed by atoms with Gasteiger partial charge in [-0.05, 0) is 6.92 Å². The smallest absolute Gasteiger partial charge is 0.240 e. The second-order valence-corrected chi connectivity index (χ2v) is 3.04. The standard InChI is InChI=1S/C7H9Cl2N3O/c1-2-12-4-5(9)7(11-12)10-6(13)3-8/h4H,2-3H2,1H3,(H,10,11,13). The third-order valence-electron chi connectivity index (χ3n) is 1.42. The molecule has 0 atom stereocenters. The molecule has 1 N–H and O–H groups in total. The Hall–Kier alpha value is -0.740. The van der Waals surface area contributed by atoms with Crippen molar-refractivity contribution in [3.8, 4) is 0 Å². The lowest BCUT2D eigenvalue weighted by Crippen LogP contribution is -2.13. The van der Waals surface area contributed by atoms with E-state index < -0.39 is 0 Å². The predicted molar refractivity (Wildman–Crippen MR) is 52.3 cm³/mol. The van der Waals surface area contributed by atoms with Gasteiger partial charge >= 0.3 is 0 Å². The number of alkyl halides is 1. The molecule has 1 amide bonds. The number of amides is 1. The van der Waals surface area contributed by atoms with E-state index >= 15 is 0 Å². The van der Waals surface area contributed by atoms with Gasteiger partial charge in [-0.25, -0.2) is 0 Å². The zero-order chi connectivity index (χ0) is 9.84. The minimum atomic E-state index is -0.315. The third kappa shape index (κ3) is 2.60. The van der Waals surface area contributed by atoms with Gasteiger partial charge in [0, 0.05) is 12.7 Å². The topological polar surface area (TPSA) is 46.9 Å². The molecular weight excluding hydrogens is 213 g/mol. The van der Waals surface area contributed by atoms with E-state index in [1.54, 1.807) is 10.9 Å². The van der Waals surface area contributed by atoms with Crippen LogP contribution in [-0.2, 0) is 11.3 Å². The molecule has 1 aromatic heterocycles. The van der Waals surface area contributed by atoms with Crippen LogP contribution in [0.2, 0.25) is 5.02 Å². The fourth-order valence-electron chi connectivity index (χ4n) is 0.809. The van der Waals surface area contributed by atoms with Crippen LogP contribution in [0.25, 0.3) is 0 Å². The van der Waals surface area contributed by atoms with Crippen LogP contribution in [-0.4, -0.2) is 21.6 Å². The summed E-state index contributed by atoms with van der Waals surface area (Å²) in [6.45, 7) is 2.63. The second-order valence-electron chi connectivity index (χ2n) is 2.36. The number of nitrogens with one attached hydrogen (secondary N) is 1. The van der Waals surface area contributed by atoms with Crippen molar-refractivity contribution in [2.75, 3.05) is 11.2 Å². The Balaban J connectivity index is 2.76. The van der Waals surface area contributed by atoms with E-state index in [9.17, 15) is 4.79 Å². The lowest BCUT2D eigenvalue weighted by molar-refractivity contribution is -0.113. The number of anilines is 1. The number of carbonyl (C=O) groups is 1. The average Bonchev–Trinajstić information content (AvgIpc) is 2.47. The Bertz CT molecular complexity index is 311. The summed E-state index contributed by atoms with van der Waals surface area (Å²) in [7, 11) is 0. The third-order valence-corrected chi connectivity index (χ3v) is 1.94. The van der Waals surface area contributed by atoms with Crippen LogP contribution in [0.15, 0.2) is 6.20 Å². The first-order valence-electron chi connectivity index (χ1n) is 3.76. The van der Waals surface area contributed by atoms with E-state index in [0.717, 1.165) is 0 Å². The van der Waals surface area contributed by atoms with E-state index in [4.69, 9.17) is 23.2 Å². The van der Waals surface area contributed by atoms with Gasteiger partial charge in [-0.3, -0.25) is 9.48 Å². The summed E-state index contributed by atoms with van der Waals surface area (Å²) in [6.07, 6.45) is 1.64. The molecule has 1 rings (SSSR count). The lowest BCUT2D eigenvalue weighted by atomic mass is 10.6. The largest absolute Gasteiger partial charge is 0.307 e. The summed E-state index contributed by atoms with van der Waals surface area (Å²) in [5.41, 5.74) is 0. The zero-order valence-electron chi connectivity index (χ0n) is 7.05. The predicted octanol–water partition coefficient (Wildman–Crippen LogP) is 1.73. The number of halogens is 2. The molecule has 1 aromatic rings. The van der Waals surface area contributed by atoms with Crippen LogP contribution in [0, 0.1) is 0 Å². The Morgan fingerprint density at radius 1 is 1.77 bits per heavy atom. The van der Waals surface area contributed by atoms with E-state index in [1.165, 1.54) is 0 Å². The highest BCUT2D eigenvalue weighted by molar-refractivity contribution is 6.34. The number of aromatic nitrogens is 2. The van der Waals surface area contributed by atoms with Crippen molar-refractivity contribution < 1.29 is 4.79 Å². The summed E-state index contributed by atoms with van der Waals surface area (Å²) >= 11 is 11.1. The minimum absolute atomic E-state index is 0.102. The Labute approximate surface area is 85.8 Å². The molecule has 0 bridgehead atoms. The first-order chi connectivity index (χ1) is 6.17. The van der Waals surface area contributed by atoms with Gasteiger partial charge in [-0.1, -0.05) is 11.6 Å². The Morgan fingerprint density at radius 3 is 2.92 bits per heavy atom. The maximum Gasteiger partial charge on any atom is 0.240 e. The van der Waals surface area contributed by atoms with Crippen molar-refractivity contribution in [3.05, 3.63) is 11.2 Å². The number of hydrogen-bond acceptors (Lipinski definition) is 2. The molecule has 0 unspecified atom stereocenters. The van der Waals surface area contributed by atoms with E-state index in [0.29, 0.717) is 17.4 Å². The molecule has 4 nitrogen and oxygen atoms in total. The van der Waals surface area contributed by atoms with Crippen molar-refractivity contribution in [2.24, 2.45) is 0 Å². The maximum atomic E-state index is 10.9. The van der Waals surface area contributed by atoms with Gasteiger partial charge in [0.25, 0.3) is 0 Å². The minimum Gasteiger partial charge on any atom is -0.307 e. The lowest BCUT2D eigenvalue weighted by Gasteiger charge is -1.97. The number of hydrogen-bond donors (Lipinski definition) is 1. The van der Waals surface area contributed by atoms with Crippen LogP contribution >= 0.6 is 23.2 Å². The first kappa shape index (κ1) is 10.3. The van der Waals surface area contributed by atoms with Crippen molar-refractivity contribution >= 4 is 34.9 Å². The highest BCUT2D eigenvalue weighted by Crippen LogP contribution is 2.18. The van der Waals surface area contributed by atoms with Gasteiger partial charge in [0.15, 0.2) is 5.82 Å². The van der Waals surface area contributed by atoms with Crippen molar-refractivity contribution in [2.45, 2.75) is 13.5 Å². The van der Waals surface area contributed by atoms with Crippen LogP contribution in [0.5, 0.6) is 0 Å². The molecule has 0 radical (unpaired) electrons. The molecule has 6 heteroatoms. The fraction of sp³-hybridized carbons (Fsp3) is 0.429. The summed E-state index contributed by atoms with van der Waals surface area (Å²) in [4.78, 5) is 10.9. The van der Waals surface area contributed by atoms with Crippen LogP contribution in [0.1, 0.15) is 6.92 Å². The van der Waals surface area contributed by atoms with Gasteiger partial charge in [-0.2, -0.15) is 5.10 Å². The number of nitrogens with zero attached hydrogens (tertiary/aromatic N) is 2. The summed E-state index contributed by atoms with van der Waals surface area (Å²) < 4.78 is 1.63. The molecule has 0 spiro atoms. The molecule has 0 fully saturated rings. The van der Waals surface area contributed by atoms with Gasteiger partial charge in [0.05, 0.1) is 0 Å². The number of aryl methyl sites for hydroxylation is 1. The molecule has 0 saturated heterocycles. The molecule has 72 valence electrons. The van der Waals surface area contributed by atoms with Crippen molar-refractivity contribution in [1.82, 2.24) is 9.78 Å². The normalized spacial score (nSPS) is 10.1. The van der Waals surface area contributed by atoms with Crippen LogP contribution < -0.4 is 5.32 Å². The molecule has 0 aliphatic carbocycles. The second kappa shape index (κ2) is 4.48. The SMILES string of the molecule is CCn1cc(Cl)c(NC(=O)CCl)n1. The first-order valence-corrected chi connectivity index (χ1v) is 4.67. The molecule has 1 heterocycles. The van der Waals surface area contributed by atoms with Gasteiger partial charge in [0.2, 0.25) is 5.91 Å².